The molecular weight excluding hydrogens is 328 g/mol. The lowest BCUT2D eigenvalue weighted by atomic mass is 10.2. The van der Waals surface area contributed by atoms with Crippen LogP contribution in [-0.2, 0) is 0 Å². The van der Waals surface area contributed by atoms with Crippen LogP contribution in [0, 0.1) is 0 Å². The van der Waals surface area contributed by atoms with Gasteiger partial charge in [-0.25, -0.2) is 4.98 Å². The first-order chi connectivity index (χ1) is 10.3. The Hall–Kier alpha value is -2.20. The first-order valence-corrected chi connectivity index (χ1v) is 7.37. The van der Waals surface area contributed by atoms with Crippen molar-refractivity contribution < 1.29 is 4.74 Å². The Kier molecular flexibility index (Phi) is 3.97. The molecule has 0 fully saturated rings. The van der Waals surface area contributed by atoms with E-state index in [1.807, 2.05) is 55.5 Å². The quantitative estimate of drug-likeness (QED) is 0.655. The molecule has 3 rings (SSSR count). The number of allylic oxidation sites excluding steroid dienone is 1. The Balaban J connectivity index is 2.06. The standard InChI is InChI=1S/C17H13BrN2O/c1-2-5-12-6-3-4-7-15(12)21-16-8-9-19-14-10-13(18)11-20-17(14)16/h2-11H,1H3/b5-2+. The molecule has 2 heterocycles. The van der Waals surface area contributed by atoms with Crippen LogP contribution in [0.4, 0.5) is 0 Å². The molecular formula is C17H13BrN2O. The van der Waals surface area contributed by atoms with Gasteiger partial charge in [-0.05, 0) is 35.0 Å². The van der Waals surface area contributed by atoms with E-state index in [1.165, 1.54) is 0 Å². The van der Waals surface area contributed by atoms with Gasteiger partial charge in [0.25, 0.3) is 0 Å². The second-order valence-corrected chi connectivity index (χ2v) is 5.39. The Bertz CT molecular complexity index is 815. The van der Waals surface area contributed by atoms with Crippen molar-refractivity contribution in [1.29, 1.82) is 0 Å². The lowest BCUT2D eigenvalue weighted by Crippen LogP contribution is -1.91. The maximum atomic E-state index is 6.05. The third-order valence-corrected chi connectivity index (χ3v) is 3.43. The van der Waals surface area contributed by atoms with Gasteiger partial charge >= 0.3 is 0 Å². The summed E-state index contributed by atoms with van der Waals surface area (Å²) < 4.78 is 6.94. The average molecular weight is 341 g/mol. The van der Waals surface area contributed by atoms with E-state index in [0.29, 0.717) is 5.75 Å². The van der Waals surface area contributed by atoms with E-state index in [1.54, 1.807) is 12.4 Å². The lowest BCUT2D eigenvalue weighted by molar-refractivity contribution is 0.485. The predicted octanol–water partition coefficient (Wildman–Crippen LogP) is 5.22. The first kappa shape index (κ1) is 13.8. The van der Waals surface area contributed by atoms with Gasteiger partial charge in [-0.1, -0.05) is 30.4 Å². The summed E-state index contributed by atoms with van der Waals surface area (Å²) in [6.45, 7) is 1.98. The number of para-hydroxylation sites is 1. The SMILES string of the molecule is C/C=C/c1ccccc1Oc1ccnc2cc(Br)cnc12. The summed E-state index contributed by atoms with van der Waals surface area (Å²) in [7, 11) is 0. The number of fused-ring (bicyclic) bond motifs is 1. The predicted molar refractivity (Wildman–Crippen MR) is 88.5 cm³/mol. The molecule has 0 bridgehead atoms. The summed E-state index contributed by atoms with van der Waals surface area (Å²) >= 11 is 3.40. The highest BCUT2D eigenvalue weighted by Gasteiger charge is 2.08. The van der Waals surface area contributed by atoms with Crippen LogP contribution in [0.25, 0.3) is 17.1 Å². The summed E-state index contributed by atoms with van der Waals surface area (Å²) in [4.78, 5) is 8.72. The van der Waals surface area contributed by atoms with Crippen LogP contribution in [-0.4, -0.2) is 9.97 Å². The fourth-order valence-corrected chi connectivity index (χ4v) is 2.39. The highest BCUT2D eigenvalue weighted by Crippen LogP contribution is 2.30. The van der Waals surface area contributed by atoms with E-state index in [0.717, 1.165) is 26.8 Å². The minimum atomic E-state index is 0.699. The number of ether oxygens (including phenoxy) is 1. The maximum Gasteiger partial charge on any atom is 0.156 e. The van der Waals surface area contributed by atoms with Crippen molar-refractivity contribution in [1.82, 2.24) is 9.97 Å². The number of hydrogen-bond donors (Lipinski definition) is 0. The topological polar surface area (TPSA) is 35.0 Å². The fraction of sp³-hybridized carbons (Fsp3) is 0.0588. The van der Waals surface area contributed by atoms with Gasteiger partial charge in [0.05, 0.1) is 5.52 Å². The van der Waals surface area contributed by atoms with Gasteiger partial charge in [0.15, 0.2) is 5.75 Å². The van der Waals surface area contributed by atoms with Crippen molar-refractivity contribution in [2.75, 3.05) is 0 Å². The van der Waals surface area contributed by atoms with Crippen molar-refractivity contribution >= 4 is 33.0 Å². The molecule has 0 aliphatic heterocycles. The second kappa shape index (κ2) is 6.06. The van der Waals surface area contributed by atoms with E-state index >= 15 is 0 Å². The number of aromatic nitrogens is 2. The van der Waals surface area contributed by atoms with Gasteiger partial charge in [0.2, 0.25) is 0 Å². The smallest absolute Gasteiger partial charge is 0.156 e. The molecule has 4 heteroatoms. The molecule has 0 aliphatic carbocycles. The highest BCUT2D eigenvalue weighted by molar-refractivity contribution is 9.10. The molecule has 0 radical (unpaired) electrons. The Morgan fingerprint density at radius 2 is 1.95 bits per heavy atom. The number of rotatable bonds is 3. The van der Waals surface area contributed by atoms with Crippen molar-refractivity contribution in [2.24, 2.45) is 0 Å². The first-order valence-electron chi connectivity index (χ1n) is 6.58. The van der Waals surface area contributed by atoms with Crippen LogP contribution >= 0.6 is 15.9 Å². The number of halogens is 1. The molecule has 21 heavy (non-hydrogen) atoms. The van der Waals surface area contributed by atoms with Gasteiger partial charge < -0.3 is 4.74 Å². The Morgan fingerprint density at radius 1 is 1.10 bits per heavy atom. The van der Waals surface area contributed by atoms with Gasteiger partial charge in [-0.3, -0.25) is 4.98 Å². The number of hydrogen-bond acceptors (Lipinski definition) is 3. The largest absolute Gasteiger partial charge is 0.454 e. The molecule has 0 atom stereocenters. The number of benzene rings is 1. The normalized spacial score (nSPS) is 11.1. The minimum absolute atomic E-state index is 0.699. The van der Waals surface area contributed by atoms with Crippen LogP contribution in [0.2, 0.25) is 0 Å². The summed E-state index contributed by atoms with van der Waals surface area (Å²) in [6, 6.07) is 11.7. The van der Waals surface area contributed by atoms with Crippen LogP contribution in [0.5, 0.6) is 11.5 Å². The van der Waals surface area contributed by atoms with Gasteiger partial charge in [-0.15, -0.1) is 0 Å². The molecule has 0 spiro atoms. The van der Waals surface area contributed by atoms with E-state index in [2.05, 4.69) is 25.9 Å². The Morgan fingerprint density at radius 3 is 2.81 bits per heavy atom. The van der Waals surface area contributed by atoms with Gasteiger partial charge in [0.1, 0.15) is 11.3 Å². The van der Waals surface area contributed by atoms with Crippen molar-refractivity contribution in [3.05, 3.63) is 64.9 Å². The van der Waals surface area contributed by atoms with E-state index in [-0.39, 0.29) is 0 Å². The Labute approximate surface area is 131 Å². The van der Waals surface area contributed by atoms with Crippen LogP contribution in [0.3, 0.4) is 0 Å². The van der Waals surface area contributed by atoms with Crippen LogP contribution in [0.1, 0.15) is 12.5 Å². The molecule has 0 amide bonds. The van der Waals surface area contributed by atoms with E-state index in [9.17, 15) is 0 Å². The third-order valence-electron chi connectivity index (χ3n) is 2.99. The van der Waals surface area contributed by atoms with Crippen molar-refractivity contribution in [3.8, 4) is 11.5 Å². The zero-order valence-electron chi connectivity index (χ0n) is 11.5. The lowest BCUT2D eigenvalue weighted by Gasteiger charge is -2.10. The fourth-order valence-electron chi connectivity index (χ4n) is 2.07. The summed E-state index contributed by atoms with van der Waals surface area (Å²) in [6.07, 6.45) is 7.48. The molecule has 0 saturated heterocycles. The van der Waals surface area contributed by atoms with Gasteiger partial charge in [-0.2, -0.15) is 0 Å². The zero-order chi connectivity index (χ0) is 14.7. The summed E-state index contributed by atoms with van der Waals surface area (Å²) in [5.74, 6) is 1.50. The summed E-state index contributed by atoms with van der Waals surface area (Å²) in [5, 5.41) is 0. The molecule has 0 unspecified atom stereocenters. The second-order valence-electron chi connectivity index (χ2n) is 4.47. The van der Waals surface area contributed by atoms with Gasteiger partial charge in [0, 0.05) is 28.5 Å². The molecule has 0 aliphatic rings. The monoisotopic (exact) mass is 340 g/mol. The highest BCUT2D eigenvalue weighted by atomic mass is 79.9. The molecule has 3 aromatic rings. The van der Waals surface area contributed by atoms with E-state index in [4.69, 9.17) is 4.74 Å². The molecule has 3 nitrogen and oxygen atoms in total. The van der Waals surface area contributed by atoms with Crippen LogP contribution < -0.4 is 4.74 Å². The van der Waals surface area contributed by atoms with Crippen molar-refractivity contribution in [3.63, 3.8) is 0 Å². The zero-order valence-corrected chi connectivity index (χ0v) is 13.0. The van der Waals surface area contributed by atoms with Crippen LogP contribution in [0.15, 0.2) is 59.3 Å². The average Bonchev–Trinajstić information content (AvgIpc) is 2.49. The minimum Gasteiger partial charge on any atom is -0.454 e. The molecule has 2 aromatic heterocycles. The maximum absolute atomic E-state index is 6.05. The summed E-state index contributed by atoms with van der Waals surface area (Å²) in [5.41, 5.74) is 2.57. The van der Waals surface area contributed by atoms with Crippen molar-refractivity contribution in [2.45, 2.75) is 6.92 Å². The van der Waals surface area contributed by atoms with E-state index < -0.39 is 0 Å². The molecule has 0 saturated carbocycles. The number of nitrogens with zero attached hydrogens (tertiary/aromatic N) is 2. The molecule has 0 N–H and O–H groups in total. The number of pyridine rings is 2. The molecule has 104 valence electrons. The molecule has 1 aromatic carbocycles. The third kappa shape index (κ3) is 2.95.